The van der Waals surface area contributed by atoms with Crippen molar-refractivity contribution in [2.45, 2.75) is 36.7 Å². The highest BCUT2D eigenvalue weighted by Crippen LogP contribution is 2.10. The second-order valence-electron chi connectivity index (χ2n) is 6.63. The maximum atomic E-state index is 13.1. The number of carboxylic acid groups (broad SMARTS) is 1. The van der Waals surface area contributed by atoms with Crippen molar-refractivity contribution in [2.75, 3.05) is 5.75 Å². The van der Waals surface area contributed by atoms with Crippen molar-refractivity contribution in [3.63, 3.8) is 0 Å². The Morgan fingerprint density at radius 1 is 1.00 bits per heavy atom. The van der Waals surface area contributed by atoms with Crippen LogP contribution in [-0.4, -0.2) is 44.9 Å². The first-order valence-electron chi connectivity index (χ1n) is 9.24. The molecule has 2 aromatic carbocycles. The van der Waals surface area contributed by atoms with Crippen molar-refractivity contribution in [1.29, 1.82) is 0 Å². The standard InChI is InChI=1S/C21H23FN2O5S/c1-14(25)23-19(13-15-7-9-16(22)10-8-15)20(26)24-18(21(27)28)11-12-30(29)17-5-3-2-4-6-17/h2-10,18-19H,11-13H2,1H3,(H,23,25)(H,24,26)(H,27,28)/t18-,19-,30+/m0/s1. The van der Waals surface area contributed by atoms with Crippen molar-refractivity contribution in [3.8, 4) is 0 Å². The first-order valence-corrected chi connectivity index (χ1v) is 10.6. The summed E-state index contributed by atoms with van der Waals surface area (Å²) in [4.78, 5) is 36.3. The summed E-state index contributed by atoms with van der Waals surface area (Å²) in [5.74, 6) is -2.81. The van der Waals surface area contributed by atoms with Crippen LogP contribution in [0.1, 0.15) is 18.9 Å². The van der Waals surface area contributed by atoms with Crippen molar-refractivity contribution >= 4 is 28.6 Å². The molecule has 0 heterocycles. The summed E-state index contributed by atoms with van der Waals surface area (Å²) >= 11 is 0. The largest absolute Gasteiger partial charge is 0.480 e. The molecule has 0 unspecified atom stereocenters. The van der Waals surface area contributed by atoms with Gasteiger partial charge in [0.2, 0.25) is 11.8 Å². The van der Waals surface area contributed by atoms with E-state index in [2.05, 4.69) is 10.6 Å². The number of carboxylic acids is 1. The van der Waals surface area contributed by atoms with E-state index in [1.807, 2.05) is 0 Å². The number of aliphatic carboxylic acids is 1. The minimum Gasteiger partial charge on any atom is -0.480 e. The van der Waals surface area contributed by atoms with Gasteiger partial charge in [0.25, 0.3) is 0 Å². The van der Waals surface area contributed by atoms with Gasteiger partial charge >= 0.3 is 5.97 Å². The molecule has 0 spiro atoms. The van der Waals surface area contributed by atoms with E-state index >= 15 is 0 Å². The van der Waals surface area contributed by atoms with Crippen LogP contribution in [0.3, 0.4) is 0 Å². The second kappa shape index (κ2) is 11.2. The molecule has 3 N–H and O–H groups in total. The molecule has 0 fully saturated rings. The molecule has 0 aliphatic carbocycles. The smallest absolute Gasteiger partial charge is 0.326 e. The molecule has 0 saturated carbocycles. The zero-order valence-electron chi connectivity index (χ0n) is 16.3. The van der Waals surface area contributed by atoms with Gasteiger partial charge in [-0.05, 0) is 36.2 Å². The summed E-state index contributed by atoms with van der Waals surface area (Å²) in [6.45, 7) is 1.24. The fraction of sp³-hybridized carbons (Fsp3) is 0.286. The number of benzene rings is 2. The average Bonchev–Trinajstić information content (AvgIpc) is 2.71. The Morgan fingerprint density at radius 2 is 1.63 bits per heavy atom. The number of hydrogen-bond acceptors (Lipinski definition) is 4. The first kappa shape index (κ1) is 23.2. The lowest BCUT2D eigenvalue weighted by atomic mass is 10.0. The van der Waals surface area contributed by atoms with Crippen LogP contribution >= 0.6 is 0 Å². The van der Waals surface area contributed by atoms with Crippen LogP contribution in [-0.2, 0) is 31.6 Å². The van der Waals surface area contributed by atoms with E-state index in [0.29, 0.717) is 10.5 Å². The molecule has 0 aliphatic heterocycles. The minimum atomic E-state index is -1.41. The highest BCUT2D eigenvalue weighted by molar-refractivity contribution is 7.85. The molecule has 0 aromatic heterocycles. The Morgan fingerprint density at radius 3 is 2.20 bits per heavy atom. The predicted molar refractivity (Wildman–Crippen MR) is 110 cm³/mol. The van der Waals surface area contributed by atoms with E-state index in [-0.39, 0.29) is 18.6 Å². The van der Waals surface area contributed by atoms with E-state index < -0.39 is 46.5 Å². The van der Waals surface area contributed by atoms with Gasteiger partial charge in [-0.1, -0.05) is 30.3 Å². The van der Waals surface area contributed by atoms with Crippen LogP contribution < -0.4 is 10.6 Å². The van der Waals surface area contributed by atoms with Gasteiger partial charge in [0, 0.05) is 24.0 Å². The third-order valence-corrected chi connectivity index (χ3v) is 5.66. The van der Waals surface area contributed by atoms with Crippen molar-refractivity contribution < 1.29 is 28.1 Å². The number of halogens is 1. The van der Waals surface area contributed by atoms with Gasteiger partial charge in [0.1, 0.15) is 17.9 Å². The van der Waals surface area contributed by atoms with E-state index in [9.17, 15) is 28.1 Å². The van der Waals surface area contributed by atoms with Gasteiger partial charge in [-0.15, -0.1) is 0 Å². The molecule has 2 rings (SSSR count). The lowest BCUT2D eigenvalue weighted by Gasteiger charge is -2.21. The zero-order valence-corrected chi connectivity index (χ0v) is 17.2. The molecule has 2 amide bonds. The van der Waals surface area contributed by atoms with Crippen LogP contribution in [0.25, 0.3) is 0 Å². The van der Waals surface area contributed by atoms with Gasteiger partial charge in [0.05, 0.1) is 10.8 Å². The summed E-state index contributed by atoms with van der Waals surface area (Å²) < 4.78 is 25.4. The molecule has 0 saturated heterocycles. The highest BCUT2D eigenvalue weighted by Gasteiger charge is 2.26. The molecule has 30 heavy (non-hydrogen) atoms. The number of amides is 2. The molecule has 0 radical (unpaired) electrons. The van der Waals surface area contributed by atoms with Gasteiger partial charge in [-0.2, -0.15) is 0 Å². The van der Waals surface area contributed by atoms with E-state index in [1.165, 1.54) is 31.2 Å². The number of carbonyl (C=O) groups is 3. The number of hydrogen-bond donors (Lipinski definition) is 3. The Bertz CT molecular complexity index is 905. The molecule has 160 valence electrons. The quantitative estimate of drug-likeness (QED) is 0.526. The van der Waals surface area contributed by atoms with E-state index in [0.717, 1.165) is 0 Å². The molecule has 2 aromatic rings. The third kappa shape index (κ3) is 7.40. The molecular weight excluding hydrogens is 411 g/mol. The molecule has 9 heteroatoms. The minimum absolute atomic E-state index is 0.0457. The van der Waals surface area contributed by atoms with E-state index in [4.69, 9.17) is 0 Å². The van der Waals surface area contributed by atoms with Gasteiger partial charge < -0.3 is 15.7 Å². The maximum Gasteiger partial charge on any atom is 0.326 e. The summed E-state index contributed by atoms with van der Waals surface area (Å²) in [5.41, 5.74) is 0.599. The van der Waals surface area contributed by atoms with Crippen molar-refractivity contribution in [3.05, 3.63) is 66.0 Å². The maximum absolute atomic E-state index is 13.1. The number of carbonyl (C=O) groups excluding carboxylic acids is 2. The van der Waals surface area contributed by atoms with Crippen molar-refractivity contribution in [1.82, 2.24) is 10.6 Å². The molecule has 7 nitrogen and oxygen atoms in total. The SMILES string of the molecule is CC(=O)N[C@@H](Cc1ccc(F)cc1)C(=O)N[C@@H](CC[S@@](=O)c1ccccc1)C(=O)O. The Hall–Kier alpha value is -3.07. The fourth-order valence-electron chi connectivity index (χ4n) is 2.76. The van der Waals surface area contributed by atoms with Gasteiger partial charge in [-0.25, -0.2) is 9.18 Å². The third-order valence-electron chi connectivity index (χ3n) is 4.26. The lowest BCUT2D eigenvalue weighted by molar-refractivity contribution is -0.142. The van der Waals surface area contributed by atoms with Crippen molar-refractivity contribution in [2.24, 2.45) is 0 Å². The van der Waals surface area contributed by atoms with Crippen LogP contribution in [0.5, 0.6) is 0 Å². The van der Waals surface area contributed by atoms with E-state index in [1.54, 1.807) is 30.3 Å². The monoisotopic (exact) mass is 434 g/mol. The lowest BCUT2D eigenvalue weighted by Crippen LogP contribution is -2.52. The first-order chi connectivity index (χ1) is 14.3. The summed E-state index contributed by atoms with van der Waals surface area (Å²) in [7, 11) is -1.41. The predicted octanol–water partition coefficient (Wildman–Crippen LogP) is 1.64. The topological polar surface area (TPSA) is 113 Å². The molecular formula is C21H23FN2O5S. The zero-order chi connectivity index (χ0) is 22.1. The van der Waals surface area contributed by atoms with Crippen LogP contribution in [0, 0.1) is 5.82 Å². The Balaban J connectivity index is 2.03. The Kier molecular flexibility index (Phi) is 8.67. The normalized spacial score (nSPS) is 13.7. The van der Waals surface area contributed by atoms with Crippen LogP contribution in [0.15, 0.2) is 59.5 Å². The molecule has 3 atom stereocenters. The van der Waals surface area contributed by atoms with Crippen LogP contribution in [0.2, 0.25) is 0 Å². The molecule has 0 aliphatic rings. The van der Waals surface area contributed by atoms with Crippen LogP contribution in [0.4, 0.5) is 4.39 Å². The van der Waals surface area contributed by atoms with Gasteiger partial charge in [-0.3, -0.25) is 13.8 Å². The summed E-state index contributed by atoms with van der Waals surface area (Å²) in [6.07, 6.45) is 0.0138. The summed E-state index contributed by atoms with van der Waals surface area (Å²) in [5, 5.41) is 14.3. The molecule has 0 bridgehead atoms. The summed E-state index contributed by atoms with van der Waals surface area (Å²) in [6, 6.07) is 11.7. The average molecular weight is 434 g/mol. The van der Waals surface area contributed by atoms with Gasteiger partial charge in [0.15, 0.2) is 0 Å². The number of nitrogens with one attached hydrogen (secondary N) is 2. The number of rotatable bonds is 10. The highest BCUT2D eigenvalue weighted by atomic mass is 32.2. The second-order valence-corrected chi connectivity index (χ2v) is 8.21. The fourth-order valence-corrected chi connectivity index (χ4v) is 3.90. The Labute approximate surface area is 176 Å².